The van der Waals surface area contributed by atoms with E-state index in [1.807, 2.05) is 11.8 Å². The van der Waals surface area contributed by atoms with Crippen molar-refractivity contribution in [3.8, 4) is 0 Å². The van der Waals surface area contributed by atoms with Crippen LogP contribution in [0, 0.1) is 5.41 Å². The van der Waals surface area contributed by atoms with Crippen LogP contribution in [0.2, 0.25) is 0 Å². The van der Waals surface area contributed by atoms with E-state index in [0.717, 1.165) is 6.42 Å². The molecule has 1 N–H and O–H groups in total. The molecule has 1 amide bonds. The molecule has 1 aromatic rings. The van der Waals surface area contributed by atoms with Crippen LogP contribution < -0.4 is 0 Å². The molecular formula is C13H19N3O3. The zero-order valence-corrected chi connectivity index (χ0v) is 11.1. The summed E-state index contributed by atoms with van der Waals surface area (Å²) in [5.74, 6) is 0.274. The average Bonchev–Trinajstić information content (AvgIpc) is 2.98. The van der Waals surface area contributed by atoms with Gasteiger partial charge in [-0.05, 0) is 18.6 Å². The van der Waals surface area contributed by atoms with Crippen LogP contribution in [0.15, 0.2) is 22.8 Å². The number of rotatable bonds is 3. The van der Waals surface area contributed by atoms with Crippen molar-refractivity contribution in [1.82, 2.24) is 9.80 Å². The van der Waals surface area contributed by atoms with Gasteiger partial charge >= 0.3 is 0 Å². The normalized spacial score (nSPS) is 15.4. The summed E-state index contributed by atoms with van der Waals surface area (Å²) in [4.78, 5) is 15.6. The summed E-state index contributed by atoms with van der Waals surface area (Å²) >= 11 is 0. The molecule has 1 saturated heterocycles. The second-order valence-corrected chi connectivity index (χ2v) is 4.41. The highest BCUT2D eigenvalue weighted by Crippen LogP contribution is 2.09. The molecule has 19 heavy (non-hydrogen) atoms. The standard InChI is InChI=1S/C13H19N3O3/c1-2-9-19-13(14)16-7-5-15(6-8-16)12(17)11-4-3-10-18-11/h3-4,10,14H,2,5-9H2,1H3. The van der Waals surface area contributed by atoms with E-state index >= 15 is 0 Å². The molecule has 1 aliphatic rings. The van der Waals surface area contributed by atoms with E-state index in [-0.39, 0.29) is 11.9 Å². The van der Waals surface area contributed by atoms with Gasteiger partial charge in [0.1, 0.15) is 0 Å². The third-order valence-electron chi connectivity index (χ3n) is 3.03. The minimum atomic E-state index is -0.0920. The fourth-order valence-electron chi connectivity index (χ4n) is 1.96. The smallest absolute Gasteiger partial charge is 0.289 e. The molecule has 0 bridgehead atoms. The summed E-state index contributed by atoms with van der Waals surface area (Å²) in [6, 6.07) is 3.57. The lowest BCUT2D eigenvalue weighted by atomic mass is 10.3. The van der Waals surface area contributed by atoms with E-state index in [1.54, 1.807) is 17.0 Å². The molecule has 2 heterocycles. The highest BCUT2D eigenvalue weighted by Gasteiger charge is 2.25. The maximum absolute atomic E-state index is 12.0. The molecule has 104 valence electrons. The highest BCUT2D eigenvalue weighted by molar-refractivity contribution is 5.91. The molecule has 0 unspecified atom stereocenters. The number of nitrogens with one attached hydrogen (secondary N) is 1. The van der Waals surface area contributed by atoms with Gasteiger partial charge < -0.3 is 19.0 Å². The van der Waals surface area contributed by atoms with Gasteiger partial charge in [0.25, 0.3) is 11.9 Å². The van der Waals surface area contributed by atoms with Crippen molar-refractivity contribution in [3.05, 3.63) is 24.2 Å². The lowest BCUT2D eigenvalue weighted by Crippen LogP contribution is -2.50. The Morgan fingerprint density at radius 3 is 2.63 bits per heavy atom. The van der Waals surface area contributed by atoms with Gasteiger partial charge in [-0.2, -0.15) is 0 Å². The third-order valence-corrected chi connectivity index (χ3v) is 3.03. The third kappa shape index (κ3) is 3.27. The number of hydrogen-bond donors (Lipinski definition) is 1. The van der Waals surface area contributed by atoms with Crippen molar-refractivity contribution < 1.29 is 13.9 Å². The molecule has 1 aromatic heterocycles. The first-order valence-corrected chi connectivity index (χ1v) is 6.51. The Hall–Kier alpha value is -1.98. The summed E-state index contributed by atoms with van der Waals surface area (Å²) in [5, 5.41) is 7.78. The Bertz CT molecular complexity index is 422. The lowest BCUT2D eigenvalue weighted by molar-refractivity contribution is 0.0637. The first-order valence-electron chi connectivity index (χ1n) is 6.51. The molecule has 1 aliphatic heterocycles. The second-order valence-electron chi connectivity index (χ2n) is 4.41. The predicted octanol–water partition coefficient (Wildman–Crippen LogP) is 1.40. The number of furan rings is 1. The zero-order chi connectivity index (χ0) is 13.7. The van der Waals surface area contributed by atoms with Crippen molar-refractivity contribution in [2.75, 3.05) is 32.8 Å². The number of piperazine rings is 1. The van der Waals surface area contributed by atoms with Crippen LogP contribution in [0.3, 0.4) is 0 Å². The zero-order valence-electron chi connectivity index (χ0n) is 11.1. The topological polar surface area (TPSA) is 69.8 Å². The monoisotopic (exact) mass is 265 g/mol. The molecule has 0 spiro atoms. The number of nitrogens with zero attached hydrogens (tertiary/aromatic N) is 2. The second kappa shape index (κ2) is 6.26. The van der Waals surface area contributed by atoms with Gasteiger partial charge in [0, 0.05) is 26.2 Å². The van der Waals surface area contributed by atoms with Crippen LogP contribution in [0.1, 0.15) is 23.9 Å². The Kier molecular flexibility index (Phi) is 4.43. The largest absolute Gasteiger partial charge is 0.465 e. The van der Waals surface area contributed by atoms with E-state index in [0.29, 0.717) is 38.5 Å². The predicted molar refractivity (Wildman–Crippen MR) is 70.2 cm³/mol. The first kappa shape index (κ1) is 13.5. The summed E-state index contributed by atoms with van der Waals surface area (Å²) in [6.07, 6.45) is 2.39. The number of carbonyl (C=O) groups excluding carboxylic acids is 1. The van der Waals surface area contributed by atoms with Crippen molar-refractivity contribution in [2.24, 2.45) is 0 Å². The van der Waals surface area contributed by atoms with Crippen LogP contribution in [-0.4, -0.2) is 54.5 Å². The molecule has 1 fully saturated rings. The number of amides is 1. The number of carbonyl (C=O) groups is 1. The van der Waals surface area contributed by atoms with Crippen LogP contribution >= 0.6 is 0 Å². The summed E-state index contributed by atoms with van der Waals surface area (Å²) in [5.41, 5.74) is 0. The van der Waals surface area contributed by atoms with Crippen molar-refractivity contribution in [3.63, 3.8) is 0 Å². The van der Waals surface area contributed by atoms with Gasteiger partial charge in [-0.25, -0.2) is 0 Å². The van der Waals surface area contributed by atoms with Crippen LogP contribution in [-0.2, 0) is 4.74 Å². The molecular weight excluding hydrogens is 246 g/mol. The molecule has 0 saturated carbocycles. The number of ether oxygens (including phenoxy) is 1. The summed E-state index contributed by atoms with van der Waals surface area (Å²) in [7, 11) is 0. The fraction of sp³-hybridized carbons (Fsp3) is 0.538. The summed E-state index contributed by atoms with van der Waals surface area (Å²) < 4.78 is 10.4. The Balaban J connectivity index is 1.82. The van der Waals surface area contributed by atoms with Crippen LogP contribution in [0.5, 0.6) is 0 Å². The molecule has 0 atom stereocenters. The van der Waals surface area contributed by atoms with Gasteiger partial charge in [0.15, 0.2) is 5.76 Å². The van der Waals surface area contributed by atoms with Gasteiger partial charge in [-0.1, -0.05) is 6.92 Å². The number of hydrogen-bond acceptors (Lipinski definition) is 4. The molecule has 0 aromatic carbocycles. The maximum atomic E-state index is 12.0. The van der Waals surface area contributed by atoms with Gasteiger partial charge in [-0.3, -0.25) is 10.2 Å². The van der Waals surface area contributed by atoms with Crippen LogP contribution in [0.25, 0.3) is 0 Å². The number of amidine groups is 1. The first-order chi connectivity index (χ1) is 9.22. The summed E-state index contributed by atoms with van der Waals surface area (Å²) in [6.45, 7) is 4.97. The maximum Gasteiger partial charge on any atom is 0.289 e. The SMILES string of the molecule is CCCOC(=N)N1CCN(C(=O)c2ccco2)CC1. The molecule has 6 heteroatoms. The van der Waals surface area contributed by atoms with Gasteiger partial charge in [0.05, 0.1) is 12.9 Å². The lowest BCUT2D eigenvalue weighted by Gasteiger charge is -2.34. The van der Waals surface area contributed by atoms with E-state index < -0.39 is 0 Å². The van der Waals surface area contributed by atoms with E-state index in [2.05, 4.69) is 0 Å². The molecule has 0 aliphatic carbocycles. The van der Waals surface area contributed by atoms with Gasteiger partial charge in [0.2, 0.25) is 0 Å². The van der Waals surface area contributed by atoms with Crippen molar-refractivity contribution in [2.45, 2.75) is 13.3 Å². The quantitative estimate of drug-likeness (QED) is 0.662. The molecule has 0 radical (unpaired) electrons. The van der Waals surface area contributed by atoms with Gasteiger partial charge in [-0.15, -0.1) is 0 Å². The molecule has 2 rings (SSSR count). The fourth-order valence-corrected chi connectivity index (χ4v) is 1.96. The minimum Gasteiger partial charge on any atom is -0.465 e. The highest BCUT2D eigenvalue weighted by atomic mass is 16.5. The van der Waals surface area contributed by atoms with E-state index in [4.69, 9.17) is 14.6 Å². The molecule has 6 nitrogen and oxygen atoms in total. The Morgan fingerprint density at radius 2 is 2.05 bits per heavy atom. The van der Waals surface area contributed by atoms with Crippen molar-refractivity contribution in [1.29, 1.82) is 5.41 Å². The minimum absolute atomic E-state index is 0.0920. The van der Waals surface area contributed by atoms with E-state index in [1.165, 1.54) is 6.26 Å². The Labute approximate surface area is 112 Å². The average molecular weight is 265 g/mol. The van der Waals surface area contributed by atoms with E-state index in [9.17, 15) is 4.79 Å². The Morgan fingerprint density at radius 1 is 1.37 bits per heavy atom. The van der Waals surface area contributed by atoms with Crippen LogP contribution in [0.4, 0.5) is 0 Å². The van der Waals surface area contributed by atoms with Crippen molar-refractivity contribution >= 4 is 11.9 Å².